The standard InChI is InChI=1S/C18H17N5OS2/c1-13-20-21-18(26-12-14-8-4-2-5-9-14)23(13)22-17(25)19-16(24)15-10-6-3-7-11-15/h2-11H,12H2,1H3,(H2,19,22,24,25). The number of hydrogen-bond acceptors (Lipinski definition) is 5. The zero-order valence-electron chi connectivity index (χ0n) is 14.0. The predicted molar refractivity (Wildman–Crippen MR) is 107 cm³/mol. The van der Waals surface area contributed by atoms with Crippen LogP contribution in [0.5, 0.6) is 0 Å². The molecule has 2 aromatic carbocycles. The summed E-state index contributed by atoms with van der Waals surface area (Å²) in [7, 11) is 0. The molecule has 0 unspecified atom stereocenters. The van der Waals surface area contributed by atoms with E-state index >= 15 is 0 Å². The summed E-state index contributed by atoms with van der Waals surface area (Å²) in [6.07, 6.45) is 0. The van der Waals surface area contributed by atoms with Crippen LogP contribution in [0.2, 0.25) is 0 Å². The first kappa shape index (κ1) is 18.1. The number of thiocarbonyl (C=S) groups is 1. The van der Waals surface area contributed by atoms with Crippen molar-refractivity contribution in [3.63, 3.8) is 0 Å². The largest absolute Gasteiger partial charge is 0.298 e. The number of nitrogens with one attached hydrogen (secondary N) is 2. The topological polar surface area (TPSA) is 71.8 Å². The maximum Gasteiger partial charge on any atom is 0.257 e. The molecule has 1 heterocycles. The summed E-state index contributed by atoms with van der Waals surface area (Å²) in [6.45, 7) is 1.81. The van der Waals surface area contributed by atoms with Crippen molar-refractivity contribution >= 4 is 35.0 Å². The molecule has 1 aromatic heterocycles. The van der Waals surface area contributed by atoms with Gasteiger partial charge in [-0.25, -0.2) is 4.68 Å². The smallest absolute Gasteiger partial charge is 0.257 e. The van der Waals surface area contributed by atoms with E-state index in [1.807, 2.05) is 31.2 Å². The fourth-order valence-electron chi connectivity index (χ4n) is 2.18. The molecule has 0 saturated heterocycles. The van der Waals surface area contributed by atoms with Gasteiger partial charge in [0.25, 0.3) is 5.91 Å². The number of aromatic nitrogens is 3. The van der Waals surface area contributed by atoms with Gasteiger partial charge in [-0.05, 0) is 36.8 Å². The van der Waals surface area contributed by atoms with Crippen LogP contribution < -0.4 is 10.7 Å². The molecule has 0 atom stereocenters. The molecule has 0 radical (unpaired) electrons. The van der Waals surface area contributed by atoms with E-state index in [0.29, 0.717) is 16.5 Å². The third-order valence-corrected chi connectivity index (χ3v) is 4.68. The van der Waals surface area contributed by atoms with Crippen molar-refractivity contribution in [2.45, 2.75) is 17.8 Å². The van der Waals surface area contributed by atoms with E-state index in [1.165, 1.54) is 17.3 Å². The molecule has 6 nitrogen and oxygen atoms in total. The number of hydrogen-bond donors (Lipinski definition) is 2. The number of benzene rings is 2. The van der Waals surface area contributed by atoms with Crippen molar-refractivity contribution in [1.82, 2.24) is 20.2 Å². The highest BCUT2D eigenvalue weighted by atomic mass is 32.2. The second-order valence-corrected chi connectivity index (χ2v) is 6.75. The lowest BCUT2D eigenvalue weighted by Crippen LogP contribution is -2.38. The van der Waals surface area contributed by atoms with Gasteiger partial charge in [-0.2, -0.15) is 0 Å². The Hall–Kier alpha value is -2.71. The molecular formula is C18H17N5OS2. The molecule has 3 rings (SSSR count). The third kappa shape index (κ3) is 4.68. The Morgan fingerprint density at radius 3 is 2.42 bits per heavy atom. The number of thioether (sulfide) groups is 1. The quantitative estimate of drug-likeness (QED) is 0.521. The Kier molecular flexibility index (Phi) is 5.98. The SMILES string of the molecule is Cc1nnc(SCc2ccccc2)n1NC(=S)NC(=O)c1ccccc1. The molecule has 1 amide bonds. The van der Waals surface area contributed by atoms with Crippen LogP contribution >= 0.6 is 24.0 Å². The van der Waals surface area contributed by atoms with Crippen LogP contribution in [0.1, 0.15) is 21.7 Å². The van der Waals surface area contributed by atoms with E-state index in [0.717, 1.165) is 5.75 Å². The van der Waals surface area contributed by atoms with Crippen molar-refractivity contribution in [2.75, 3.05) is 5.43 Å². The molecule has 0 fully saturated rings. The summed E-state index contributed by atoms with van der Waals surface area (Å²) in [5.74, 6) is 1.13. The van der Waals surface area contributed by atoms with Gasteiger partial charge < -0.3 is 0 Å². The van der Waals surface area contributed by atoms with Gasteiger partial charge in [-0.15, -0.1) is 10.2 Å². The van der Waals surface area contributed by atoms with E-state index in [9.17, 15) is 4.79 Å². The Bertz CT molecular complexity index is 896. The minimum absolute atomic E-state index is 0.184. The summed E-state index contributed by atoms with van der Waals surface area (Å²) in [5.41, 5.74) is 4.69. The van der Waals surface area contributed by atoms with E-state index in [2.05, 4.69) is 33.1 Å². The lowest BCUT2D eigenvalue weighted by molar-refractivity contribution is 0.0977. The normalized spacial score (nSPS) is 10.3. The Labute approximate surface area is 161 Å². The molecule has 3 aromatic rings. The average Bonchev–Trinajstić information content (AvgIpc) is 3.01. The second-order valence-electron chi connectivity index (χ2n) is 5.40. The van der Waals surface area contributed by atoms with Gasteiger partial charge in [-0.3, -0.25) is 15.5 Å². The number of carbonyl (C=O) groups is 1. The molecule has 0 aliphatic carbocycles. The van der Waals surface area contributed by atoms with Crippen LogP contribution in [0.3, 0.4) is 0 Å². The summed E-state index contributed by atoms with van der Waals surface area (Å²) < 4.78 is 1.67. The van der Waals surface area contributed by atoms with Crippen LogP contribution in [0.25, 0.3) is 0 Å². The number of rotatable bonds is 5. The number of nitrogens with zero attached hydrogens (tertiary/aromatic N) is 3. The van der Waals surface area contributed by atoms with Crippen LogP contribution in [0, 0.1) is 6.92 Å². The molecule has 0 aliphatic heterocycles. The monoisotopic (exact) mass is 383 g/mol. The zero-order valence-corrected chi connectivity index (χ0v) is 15.7. The van der Waals surface area contributed by atoms with Gasteiger partial charge >= 0.3 is 0 Å². The van der Waals surface area contributed by atoms with E-state index in [1.54, 1.807) is 28.9 Å². The Balaban J connectivity index is 1.63. The lowest BCUT2D eigenvalue weighted by Gasteiger charge is -2.13. The molecular weight excluding hydrogens is 366 g/mol. The first-order valence-corrected chi connectivity index (χ1v) is 9.29. The second kappa shape index (κ2) is 8.59. The van der Waals surface area contributed by atoms with Crippen LogP contribution in [-0.4, -0.2) is 25.9 Å². The van der Waals surface area contributed by atoms with Gasteiger partial charge in [0.1, 0.15) is 5.82 Å². The summed E-state index contributed by atoms with van der Waals surface area (Å²) in [4.78, 5) is 12.2. The molecule has 26 heavy (non-hydrogen) atoms. The first-order chi connectivity index (χ1) is 12.6. The van der Waals surface area contributed by atoms with Crippen molar-refractivity contribution < 1.29 is 4.79 Å². The third-order valence-electron chi connectivity index (χ3n) is 3.48. The summed E-state index contributed by atoms with van der Waals surface area (Å²) >= 11 is 6.78. The minimum Gasteiger partial charge on any atom is -0.298 e. The van der Waals surface area contributed by atoms with E-state index in [4.69, 9.17) is 12.2 Å². The highest BCUT2D eigenvalue weighted by Gasteiger charge is 2.13. The van der Waals surface area contributed by atoms with Crippen molar-refractivity contribution in [3.8, 4) is 0 Å². The average molecular weight is 384 g/mol. The van der Waals surface area contributed by atoms with E-state index in [-0.39, 0.29) is 11.0 Å². The number of aryl methyl sites for hydroxylation is 1. The van der Waals surface area contributed by atoms with Gasteiger partial charge in [0.2, 0.25) is 5.16 Å². The maximum atomic E-state index is 12.2. The van der Waals surface area contributed by atoms with Crippen LogP contribution in [0.15, 0.2) is 65.8 Å². The lowest BCUT2D eigenvalue weighted by atomic mass is 10.2. The van der Waals surface area contributed by atoms with Crippen molar-refractivity contribution in [2.24, 2.45) is 0 Å². The fraction of sp³-hybridized carbons (Fsp3) is 0.111. The first-order valence-electron chi connectivity index (χ1n) is 7.89. The molecule has 0 spiro atoms. The number of carbonyl (C=O) groups excluding carboxylic acids is 1. The number of amides is 1. The molecule has 2 N–H and O–H groups in total. The minimum atomic E-state index is -0.271. The predicted octanol–water partition coefficient (Wildman–Crippen LogP) is 3.14. The van der Waals surface area contributed by atoms with E-state index < -0.39 is 0 Å². The van der Waals surface area contributed by atoms with Gasteiger partial charge in [0, 0.05) is 11.3 Å². The molecule has 0 saturated carbocycles. The zero-order chi connectivity index (χ0) is 18.4. The van der Waals surface area contributed by atoms with Crippen LogP contribution in [0.4, 0.5) is 0 Å². The van der Waals surface area contributed by atoms with Crippen molar-refractivity contribution in [3.05, 3.63) is 77.6 Å². The molecule has 132 valence electrons. The molecule has 0 bridgehead atoms. The summed E-state index contributed by atoms with van der Waals surface area (Å²) in [6, 6.07) is 19.0. The van der Waals surface area contributed by atoms with Gasteiger partial charge in [0.05, 0.1) is 0 Å². The van der Waals surface area contributed by atoms with Crippen LogP contribution in [-0.2, 0) is 5.75 Å². The Morgan fingerprint density at radius 1 is 1.08 bits per heavy atom. The summed E-state index contributed by atoms with van der Waals surface area (Å²) in [5, 5.41) is 11.8. The molecule has 0 aliphatic rings. The maximum absolute atomic E-state index is 12.2. The fourth-order valence-corrected chi connectivity index (χ4v) is 3.26. The van der Waals surface area contributed by atoms with Gasteiger partial charge in [0.15, 0.2) is 5.11 Å². The highest BCUT2D eigenvalue weighted by Crippen LogP contribution is 2.20. The van der Waals surface area contributed by atoms with Gasteiger partial charge in [-0.1, -0.05) is 60.3 Å². The molecule has 8 heteroatoms. The van der Waals surface area contributed by atoms with Crippen molar-refractivity contribution in [1.29, 1.82) is 0 Å². The Morgan fingerprint density at radius 2 is 1.73 bits per heavy atom. The highest BCUT2D eigenvalue weighted by molar-refractivity contribution is 7.98.